The Kier molecular flexibility index (Phi) is 5.78. The van der Waals surface area contributed by atoms with E-state index in [0.717, 1.165) is 0 Å². The molecule has 0 bridgehead atoms. The summed E-state index contributed by atoms with van der Waals surface area (Å²) < 4.78 is 18.3. The summed E-state index contributed by atoms with van der Waals surface area (Å²) in [5.41, 5.74) is 0.785. The summed E-state index contributed by atoms with van der Waals surface area (Å²) in [6, 6.07) is 12.3. The molecule has 27 heavy (non-hydrogen) atoms. The number of amides is 2. The Labute approximate surface area is 154 Å². The van der Waals surface area contributed by atoms with Gasteiger partial charge in [-0.15, -0.1) is 0 Å². The Hall–Kier alpha value is -3.68. The van der Waals surface area contributed by atoms with Crippen molar-refractivity contribution in [2.45, 2.75) is 0 Å². The van der Waals surface area contributed by atoms with Crippen LogP contribution >= 0.6 is 0 Å². The molecule has 2 aromatic heterocycles. The van der Waals surface area contributed by atoms with Gasteiger partial charge in [-0.25, -0.2) is 9.37 Å². The van der Waals surface area contributed by atoms with Gasteiger partial charge in [-0.3, -0.25) is 9.59 Å². The predicted molar refractivity (Wildman–Crippen MR) is 97.3 cm³/mol. The van der Waals surface area contributed by atoms with Crippen molar-refractivity contribution in [1.29, 1.82) is 0 Å². The van der Waals surface area contributed by atoms with Crippen LogP contribution in [-0.2, 0) is 0 Å². The number of aromatic nitrogens is 1. The predicted octanol–water partition coefficient (Wildman–Crippen LogP) is 2.72. The molecule has 7 nitrogen and oxygen atoms in total. The van der Waals surface area contributed by atoms with E-state index in [9.17, 15) is 14.0 Å². The first-order valence-corrected chi connectivity index (χ1v) is 8.21. The molecule has 8 heteroatoms. The smallest absolute Gasteiger partial charge is 0.287 e. The van der Waals surface area contributed by atoms with E-state index in [2.05, 4.69) is 20.9 Å². The molecular weight excluding hydrogens is 351 g/mol. The van der Waals surface area contributed by atoms with E-state index in [1.807, 2.05) is 0 Å². The van der Waals surface area contributed by atoms with Crippen molar-refractivity contribution in [2.75, 3.05) is 18.4 Å². The van der Waals surface area contributed by atoms with Gasteiger partial charge in [0.25, 0.3) is 11.8 Å². The SMILES string of the molecule is O=C(NCCNC(=O)c1cccnc1Nc1cccc(F)c1)c1ccco1. The highest BCUT2D eigenvalue weighted by Crippen LogP contribution is 2.19. The third-order valence-electron chi connectivity index (χ3n) is 3.58. The van der Waals surface area contributed by atoms with Crippen LogP contribution in [0.2, 0.25) is 0 Å². The Balaban J connectivity index is 1.56. The Morgan fingerprint density at radius 3 is 2.56 bits per heavy atom. The number of carbonyl (C=O) groups is 2. The van der Waals surface area contributed by atoms with E-state index < -0.39 is 5.82 Å². The molecule has 0 saturated carbocycles. The third-order valence-corrected chi connectivity index (χ3v) is 3.58. The molecule has 0 radical (unpaired) electrons. The van der Waals surface area contributed by atoms with Crippen molar-refractivity contribution in [3.8, 4) is 0 Å². The molecule has 2 amide bonds. The zero-order chi connectivity index (χ0) is 19.1. The molecule has 138 valence electrons. The molecule has 2 heterocycles. The summed E-state index contributed by atoms with van der Waals surface area (Å²) in [7, 11) is 0. The van der Waals surface area contributed by atoms with E-state index in [0.29, 0.717) is 17.1 Å². The number of benzene rings is 1. The average molecular weight is 368 g/mol. The van der Waals surface area contributed by atoms with Crippen molar-refractivity contribution in [3.05, 3.63) is 78.1 Å². The van der Waals surface area contributed by atoms with Crippen LogP contribution in [0.25, 0.3) is 0 Å². The van der Waals surface area contributed by atoms with Crippen molar-refractivity contribution in [3.63, 3.8) is 0 Å². The van der Waals surface area contributed by atoms with E-state index >= 15 is 0 Å². The maximum absolute atomic E-state index is 13.3. The number of nitrogens with zero attached hydrogens (tertiary/aromatic N) is 1. The second-order valence-electron chi connectivity index (χ2n) is 5.52. The lowest BCUT2D eigenvalue weighted by Gasteiger charge is -2.11. The number of rotatable bonds is 7. The Morgan fingerprint density at radius 1 is 1.00 bits per heavy atom. The van der Waals surface area contributed by atoms with Crippen LogP contribution in [0.4, 0.5) is 15.9 Å². The lowest BCUT2D eigenvalue weighted by molar-refractivity contribution is 0.0911. The van der Waals surface area contributed by atoms with Crippen molar-refractivity contribution in [2.24, 2.45) is 0 Å². The summed E-state index contributed by atoms with van der Waals surface area (Å²) in [5, 5.41) is 8.26. The minimum atomic E-state index is -0.394. The number of carbonyl (C=O) groups excluding carboxylic acids is 2. The maximum atomic E-state index is 13.3. The van der Waals surface area contributed by atoms with Crippen molar-refractivity contribution in [1.82, 2.24) is 15.6 Å². The second-order valence-corrected chi connectivity index (χ2v) is 5.52. The lowest BCUT2D eigenvalue weighted by Crippen LogP contribution is -2.34. The highest BCUT2D eigenvalue weighted by molar-refractivity contribution is 5.99. The highest BCUT2D eigenvalue weighted by atomic mass is 19.1. The van der Waals surface area contributed by atoms with Crippen LogP contribution in [0.3, 0.4) is 0 Å². The Morgan fingerprint density at radius 2 is 1.81 bits per heavy atom. The van der Waals surface area contributed by atoms with E-state index in [1.165, 1.54) is 24.6 Å². The zero-order valence-corrected chi connectivity index (χ0v) is 14.2. The van der Waals surface area contributed by atoms with E-state index in [-0.39, 0.29) is 30.7 Å². The molecule has 1 aromatic carbocycles. The molecule has 0 unspecified atom stereocenters. The third kappa shape index (κ3) is 4.91. The van der Waals surface area contributed by atoms with E-state index in [4.69, 9.17) is 4.42 Å². The van der Waals surface area contributed by atoms with Crippen LogP contribution in [-0.4, -0.2) is 29.9 Å². The number of nitrogens with one attached hydrogen (secondary N) is 3. The van der Waals surface area contributed by atoms with Crippen molar-refractivity contribution < 1.29 is 18.4 Å². The standard InChI is InChI=1S/C19H17FN4O3/c20-13-4-1-5-14(12-13)24-17-15(6-2-8-21-17)18(25)22-9-10-23-19(26)16-7-3-11-27-16/h1-8,11-12H,9-10H2,(H,21,24)(H,22,25)(H,23,26). The molecular formula is C19H17FN4O3. The molecule has 0 aliphatic rings. The fourth-order valence-corrected chi connectivity index (χ4v) is 2.33. The first-order chi connectivity index (χ1) is 13.1. The maximum Gasteiger partial charge on any atom is 0.287 e. The molecule has 3 N–H and O–H groups in total. The molecule has 0 fully saturated rings. The van der Waals surface area contributed by atoms with Crippen LogP contribution < -0.4 is 16.0 Å². The molecule has 0 spiro atoms. The van der Waals surface area contributed by atoms with Gasteiger partial charge in [0.1, 0.15) is 11.6 Å². The van der Waals surface area contributed by atoms with Gasteiger partial charge in [-0.2, -0.15) is 0 Å². The summed E-state index contributed by atoms with van der Waals surface area (Å²) in [6.45, 7) is 0.456. The topological polar surface area (TPSA) is 96.3 Å². The molecule has 3 rings (SSSR count). The first kappa shape index (κ1) is 18.1. The zero-order valence-electron chi connectivity index (χ0n) is 14.2. The molecule has 0 aliphatic carbocycles. The van der Waals surface area contributed by atoms with Crippen molar-refractivity contribution >= 4 is 23.3 Å². The monoisotopic (exact) mass is 368 g/mol. The number of anilines is 2. The normalized spacial score (nSPS) is 10.3. The minimum absolute atomic E-state index is 0.204. The van der Waals surface area contributed by atoms with Crippen LogP contribution in [0.15, 0.2) is 65.4 Å². The number of pyridine rings is 1. The van der Waals surface area contributed by atoms with Crippen LogP contribution in [0.5, 0.6) is 0 Å². The number of hydrogen-bond acceptors (Lipinski definition) is 5. The van der Waals surface area contributed by atoms with Gasteiger partial charge in [0.15, 0.2) is 5.76 Å². The minimum Gasteiger partial charge on any atom is -0.459 e. The molecule has 0 aliphatic heterocycles. The van der Waals surface area contributed by atoms with Gasteiger partial charge >= 0.3 is 0 Å². The molecule has 0 atom stereocenters. The number of halogens is 1. The molecule has 3 aromatic rings. The van der Waals surface area contributed by atoms with Gasteiger partial charge in [0.05, 0.1) is 11.8 Å². The van der Waals surface area contributed by atoms with Crippen LogP contribution in [0.1, 0.15) is 20.9 Å². The second kappa shape index (κ2) is 8.61. The average Bonchev–Trinajstić information content (AvgIpc) is 3.20. The quantitative estimate of drug-likeness (QED) is 0.557. The summed E-state index contributed by atoms with van der Waals surface area (Å²) in [6.07, 6.45) is 2.94. The fourth-order valence-electron chi connectivity index (χ4n) is 2.33. The van der Waals surface area contributed by atoms with Crippen LogP contribution in [0, 0.1) is 5.82 Å². The summed E-state index contributed by atoms with van der Waals surface area (Å²) in [4.78, 5) is 28.3. The Bertz CT molecular complexity index is 928. The molecule has 0 saturated heterocycles. The lowest BCUT2D eigenvalue weighted by atomic mass is 10.2. The summed E-state index contributed by atoms with van der Waals surface area (Å²) in [5.74, 6) is -0.608. The van der Waals surface area contributed by atoms with Gasteiger partial charge in [0, 0.05) is 25.0 Å². The number of furan rings is 1. The summed E-state index contributed by atoms with van der Waals surface area (Å²) >= 11 is 0. The van der Waals surface area contributed by atoms with E-state index in [1.54, 1.807) is 36.4 Å². The fraction of sp³-hybridized carbons (Fsp3) is 0.105. The number of hydrogen-bond donors (Lipinski definition) is 3. The van der Waals surface area contributed by atoms with Gasteiger partial charge in [0.2, 0.25) is 0 Å². The van der Waals surface area contributed by atoms with Gasteiger partial charge < -0.3 is 20.4 Å². The van der Waals surface area contributed by atoms with Gasteiger partial charge in [-0.05, 0) is 42.5 Å². The largest absolute Gasteiger partial charge is 0.459 e. The first-order valence-electron chi connectivity index (χ1n) is 8.21. The highest BCUT2D eigenvalue weighted by Gasteiger charge is 2.13. The van der Waals surface area contributed by atoms with Gasteiger partial charge in [-0.1, -0.05) is 6.07 Å².